The molecule has 0 radical (unpaired) electrons. The van der Waals surface area contributed by atoms with Crippen LogP contribution in [0, 0.1) is 12.8 Å². The van der Waals surface area contributed by atoms with Gasteiger partial charge in [-0.2, -0.15) is 5.10 Å². The maximum absolute atomic E-state index is 12.1. The molecule has 2 N–H and O–H groups in total. The van der Waals surface area contributed by atoms with E-state index in [1.54, 1.807) is 10.7 Å². The lowest BCUT2D eigenvalue weighted by atomic mass is 9.97. The summed E-state index contributed by atoms with van der Waals surface area (Å²) in [5.74, 6) is 0.292. The molecule has 0 bridgehead atoms. The third-order valence-corrected chi connectivity index (χ3v) is 4.97. The van der Waals surface area contributed by atoms with Crippen LogP contribution in [0.5, 0.6) is 0 Å². The van der Waals surface area contributed by atoms with Crippen molar-refractivity contribution in [2.45, 2.75) is 26.3 Å². The second kappa shape index (κ2) is 7.70. The number of aliphatic hydroxyl groups excluding tert-OH is 1. The van der Waals surface area contributed by atoms with E-state index in [2.05, 4.69) is 39.6 Å². The van der Waals surface area contributed by atoms with Crippen molar-refractivity contribution in [3.63, 3.8) is 0 Å². The fraction of sp³-hybridized carbons (Fsp3) is 0.474. The van der Waals surface area contributed by atoms with E-state index >= 15 is 0 Å². The van der Waals surface area contributed by atoms with Crippen molar-refractivity contribution in [3.05, 3.63) is 47.3 Å². The molecule has 0 saturated carbocycles. The Kier molecular flexibility index (Phi) is 5.38. The summed E-state index contributed by atoms with van der Waals surface area (Å²) in [7, 11) is 1.83. The minimum absolute atomic E-state index is 0.154. The van der Waals surface area contributed by atoms with Crippen molar-refractivity contribution in [1.29, 1.82) is 0 Å². The number of carbonyl (C=O) groups is 1. The minimum Gasteiger partial charge on any atom is -0.396 e. The summed E-state index contributed by atoms with van der Waals surface area (Å²) in [4.78, 5) is 14.5. The maximum Gasteiger partial charge on any atom is 0.272 e. The van der Waals surface area contributed by atoms with Gasteiger partial charge in [0.1, 0.15) is 5.69 Å². The molecule has 1 amide bonds. The van der Waals surface area contributed by atoms with E-state index in [4.69, 9.17) is 0 Å². The Hall–Kier alpha value is -2.34. The van der Waals surface area contributed by atoms with Crippen LogP contribution in [0.1, 0.15) is 34.6 Å². The van der Waals surface area contributed by atoms with Crippen molar-refractivity contribution in [1.82, 2.24) is 15.1 Å². The van der Waals surface area contributed by atoms with Gasteiger partial charge in [-0.25, -0.2) is 0 Å². The lowest BCUT2D eigenvalue weighted by Gasteiger charge is -2.33. The number of carbonyl (C=O) groups excluding carboxylic acids is 1. The standard InChI is InChI=1S/C19H26N4O2/c1-14-11-18(21-22(14)2)19(25)20-12-15-3-5-17(6-4-15)23-9-7-16(13-24)8-10-23/h3-6,11,16,24H,7-10,12-13H2,1-2H3,(H,20,25). The third kappa shape index (κ3) is 4.20. The molecule has 3 rings (SSSR count). The Balaban J connectivity index is 1.53. The van der Waals surface area contributed by atoms with Crippen LogP contribution in [0.4, 0.5) is 5.69 Å². The van der Waals surface area contributed by atoms with E-state index < -0.39 is 0 Å². The first-order valence-corrected chi connectivity index (χ1v) is 8.80. The molecule has 134 valence electrons. The van der Waals surface area contributed by atoms with Crippen LogP contribution < -0.4 is 10.2 Å². The molecule has 1 saturated heterocycles. The van der Waals surface area contributed by atoms with Crippen molar-refractivity contribution in [2.24, 2.45) is 13.0 Å². The second-order valence-corrected chi connectivity index (χ2v) is 6.76. The number of amides is 1. The number of nitrogens with one attached hydrogen (secondary N) is 1. The number of nitrogens with zero attached hydrogens (tertiary/aromatic N) is 3. The summed E-state index contributed by atoms with van der Waals surface area (Å²) >= 11 is 0. The Morgan fingerprint density at radius 3 is 2.52 bits per heavy atom. The summed E-state index contributed by atoms with van der Waals surface area (Å²) in [5, 5.41) is 16.3. The Labute approximate surface area is 148 Å². The van der Waals surface area contributed by atoms with Gasteiger partial charge in [0.2, 0.25) is 0 Å². The summed E-state index contributed by atoms with van der Waals surface area (Å²) in [6.07, 6.45) is 2.08. The molecule has 0 aliphatic carbocycles. The fourth-order valence-electron chi connectivity index (χ4n) is 3.14. The Bertz CT molecular complexity index is 696. The van der Waals surface area contributed by atoms with Gasteiger partial charge in [0, 0.05) is 44.7 Å². The lowest BCUT2D eigenvalue weighted by molar-refractivity contribution is 0.0945. The first-order chi connectivity index (χ1) is 12.1. The average molecular weight is 342 g/mol. The van der Waals surface area contributed by atoms with Gasteiger partial charge in [-0.1, -0.05) is 12.1 Å². The highest BCUT2D eigenvalue weighted by atomic mass is 16.3. The molecule has 0 atom stereocenters. The van der Waals surface area contributed by atoms with Crippen LogP contribution >= 0.6 is 0 Å². The van der Waals surface area contributed by atoms with E-state index in [1.165, 1.54) is 5.69 Å². The number of hydrogen-bond acceptors (Lipinski definition) is 4. The minimum atomic E-state index is -0.154. The molecule has 0 unspecified atom stereocenters. The second-order valence-electron chi connectivity index (χ2n) is 6.76. The number of anilines is 1. The molecule has 6 nitrogen and oxygen atoms in total. The van der Waals surface area contributed by atoms with Gasteiger partial charge in [0.25, 0.3) is 5.91 Å². The number of piperidine rings is 1. The molecule has 6 heteroatoms. The highest BCUT2D eigenvalue weighted by molar-refractivity contribution is 5.92. The number of benzene rings is 1. The summed E-state index contributed by atoms with van der Waals surface area (Å²) in [6, 6.07) is 10.1. The molecule has 1 aromatic heterocycles. The van der Waals surface area contributed by atoms with Gasteiger partial charge in [-0.05, 0) is 49.4 Å². The Morgan fingerprint density at radius 2 is 1.96 bits per heavy atom. The van der Waals surface area contributed by atoms with Crippen LogP contribution in [0.25, 0.3) is 0 Å². The number of hydrogen-bond donors (Lipinski definition) is 2. The molecule has 1 aliphatic rings. The summed E-state index contributed by atoms with van der Waals surface area (Å²) in [5.41, 5.74) is 3.67. The van der Waals surface area contributed by atoms with Gasteiger partial charge in [0.05, 0.1) is 0 Å². The SMILES string of the molecule is Cc1cc(C(=O)NCc2ccc(N3CCC(CO)CC3)cc2)nn1C. The number of aromatic nitrogens is 2. The number of aryl methyl sites for hydroxylation is 2. The zero-order chi connectivity index (χ0) is 17.8. The highest BCUT2D eigenvalue weighted by Crippen LogP contribution is 2.23. The third-order valence-electron chi connectivity index (χ3n) is 4.97. The van der Waals surface area contributed by atoms with E-state index in [9.17, 15) is 9.90 Å². The number of rotatable bonds is 5. The summed E-state index contributed by atoms with van der Waals surface area (Å²) < 4.78 is 1.70. The van der Waals surface area contributed by atoms with Crippen molar-refractivity contribution < 1.29 is 9.90 Å². The quantitative estimate of drug-likeness (QED) is 0.870. The number of aliphatic hydroxyl groups is 1. The predicted molar refractivity (Wildman–Crippen MR) is 97.6 cm³/mol. The maximum atomic E-state index is 12.1. The predicted octanol–water partition coefficient (Wildman–Crippen LogP) is 1.87. The van der Waals surface area contributed by atoms with Crippen LogP contribution in [-0.2, 0) is 13.6 Å². The first kappa shape index (κ1) is 17.5. The van der Waals surface area contributed by atoms with Gasteiger partial charge in [-0.15, -0.1) is 0 Å². The molecule has 1 aliphatic heterocycles. The largest absolute Gasteiger partial charge is 0.396 e. The molecule has 1 aromatic carbocycles. The lowest BCUT2D eigenvalue weighted by Crippen LogP contribution is -2.34. The molecular formula is C19H26N4O2. The van der Waals surface area contributed by atoms with Crippen molar-refractivity contribution in [3.8, 4) is 0 Å². The molecular weight excluding hydrogens is 316 g/mol. The summed E-state index contributed by atoms with van der Waals surface area (Å²) in [6.45, 7) is 4.68. The highest BCUT2D eigenvalue weighted by Gasteiger charge is 2.18. The average Bonchev–Trinajstić information content (AvgIpc) is 2.99. The smallest absolute Gasteiger partial charge is 0.272 e. The molecule has 25 heavy (non-hydrogen) atoms. The van der Waals surface area contributed by atoms with Gasteiger partial charge in [0.15, 0.2) is 0 Å². The first-order valence-electron chi connectivity index (χ1n) is 8.80. The molecule has 1 fully saturated rings. The zero-order valence-electron chi connectivity index (χ0n) is 14.9. The van der Waals surface area contributed by atoms with Crippen molar-refractivity contribution in [2.75, 3.05) is 24.6 Å². The van der Waals surface area contributed by atoms with Crippen LogP contribution in [-0.4, -0.2) is 40.5 Å². The normalized spacial score (nSPS) is 15.4. The molecule has 2 aromatic rings. The monoisotopic (exact) mass is 342 g/mol. The fourth-order valence-corrected chi connectivity index (χ4v) is 3.14. The van der Waals surface area contributed by atoms with E-state index in [1.807, 2.05) is 14.0 Å². The molecule has 0 spiro atoms. The van der Waals surface area contributed by atoms with Gasteiger partial charge >= 0.3 is 0 Å². The zero-order valence-corrected chi connectivity index (χ0v) is 14.9. The van der Waals surface area contributed by atoms with Gasteiger partial charge < -0.3 is 15.3 Å². The van der Waals surface area contributed by atoms with Crippen LogP contribution in [0.15, 0.2) is 30.3 Å². The molecule has 2 heterocycles. The van der Waals surface area contributed by atoms with E-state index in [0.717, 1.165) is 37.2 Å². The van der Waals surface area contributed by atoms with E-state index in [-0.39, 0.29) is 5.91 Å². The van der Waals surface area contributed by atoms with E-state index in [0.29, 0.717) is 24.8 Å². The van der Waals surface area contributed by atoms with Crippen LogP contribution in [0.2, 0.25) is 0 Å². The van der Waals surface area contributed by atoms with Crippen molar-refractivity contribution >= 4 is 11.6 Å². The Morgan fingerprint density at radius 1 is 1.28 bits per heavy atom. The van der Waals surface area contributed by atoms with Gasteiger partial charge in [-0.3, -0.25) is 9.48 Å². The topological polar surface area (TPSA) is 70.4 Å². The van der Waals surface area contributed by atoms with Crippen LogP contribution in [0.3, 0.4) is 0 Å².